The number of nitrogens with one attached hydrogen (secondary N) is 3. The number of benzene rings is 2. The highest BCUT2D eigenvalue weighted by atomic mass is 32.2. The summed E-state index contributed by atoms with van der Waals surface area (Å²) < 4.78 is 45.4. The monoisotopic (exact) mass is 458 g/mol. The van der Waals surface area contributed by atoms with Crippen LogP contribution in [0.4, 0.5) is 38.9 Å². The first-order valence-corrected chi connectivity index (χ1v) is 11.3. The van der Waals surface area contributed by atoms with Crippen molar-refractivity contribution in [3.63, 3.8) is 0 Å². The quantitative estimate of drug-likeness (QED) is 0.515. The molecule has 32 heavy (non-hydrogen) atoms. The minimum atomic E-state index is -3.53. The van der Waals surface area contributed by atoms with Crippen molar-refractivity contribution < 1.29 is 22.3 Å². The number of nitrogens with zero attached hydrogens (tertiary/aromatic N) is 3. The lowest BCUT2D eigenvalue weighted by Crippen LogP contribution is -2.35. The van der Waals surface area contributed by atoms with Gasteiger partial charge in [-0.15, -0.1) is 0 Å². The molecule has 0 fully saturated rings. The van der Waals surface area contributed by atoms with Crippen LogP contribution in [0.3, 0.4) is 0 Å². The molecular formula is C20H19FN6O4S. The Hall–Kier alpha value is -3.93. The van der Waals surface area contributed by atoms with Crippen molar-refractivity contribution in [1.29, 1.82) is 0 Å². The van der Waals surface area contributed by atoms with Gasteiger partial charge in [-0.2, -0.15) is 4.98 Å². The SMILES string of the molecule is CN1C(=O)COc2cc(Nc3ncc(F)c(Nc4ccccc4NS(C)(=O)=O)n3)ccc21. The second kappa shape index (κ2) is 8.30. The van der Waals surface area contributed by atoms with Crippen LogP contribution in [0.1, 0.15) is 0 Å². The van der Waals surface area contributed by atoms with E-state index < -0.39 is 15.8 Å². The molecule has 0 saturated heterocycles. The van der Waals surface area contributed by atoms with E-state index in [1.807, 2.05) is 0 Å². The molecule has 3 N–H and O–H groups in total. The van der Waals surface area contributed by atoms with E-state index in [1.165, 1.54) is 11.0 Å². The molecule has 12 heteroatoms. The number of carbonyl (C=O) groups is 1. The topological polar surface area (TPSA) is 126 Å². The Kier molecular flexibility index (Phi) is 5.53. The van der Waals surface area contributed by atoms with Crippen molar-refractivity contribution in [3.8, 4) is 5.75 Å². The van der Waals surface area contributed by atoms with Gasteiger partial charge in [0, 0.05) is 18.8 Å². The van der Waals surface area contributed by atoms with Crippen LogP contribution in [0.25, 0.3) is 0 Å². The summed E-state index contributed by atoms with van der Waals surface area (Å²) in [6, 6.07) is 11.5. The summed E-state index contributed by atoms with van der Waals surface area (Å²) in [5.74, 6) is -0.411. The second-order valence-corrected chi connectivity index (χ2v) is 8.73. The molecule has 1 aliphatic heterocycles. The molecule has 1 aromatic heterocycles. The van der Waals surface area contributed by atoms with Crippen molar-refractivity contribution in [3.05, 3.63) is 54.5 Å². The number of para-hydroxylation sites is 2. The Balaban J connectivity index is 1.58. The Morgan fingerprint density at radius 3 is 2.62 bits per heavy atom. The summed E-state index contributed by atoms with van der Waals surface area (Å²) in [5, 5.41) is 5.75. The third kappa shape index (κ3) is 4.70. The molecule has 4 rings (SSSR count). The van der Waals surface area contributed by atoms with Gasteiger partial charge >= 0.3 is 0 Å². The number of anilines is 6. The third-order valence-corrected chi connectivity index (χ3v) is 5.11. The first kappa shape index (κ1) is 21.3. The number of hydrogen-bond acceptors (Lipinski definition) is 8. The molecule has 0 atom stereocenters. The van der Waals surface area contributed by atoms with E-state index in [4.69, 9.17) is 4.74 Å². The van der Waals surface area contributed by atoms with Gasteiger partial charge < -0.3 is 20.3 Å². The number of aromatic nitrogens is 2. The summed E-state index contributed by atoms with van der Waals surface area (Å²) in [5.41, 5.74) is 1.76. The number of amides is 1. The molecule has 3 aromatic rings. The van der Waals surface area contributed by atoms with Crippen LogP contribution in [0.5, 0.6) is 5.75 Å². The van der Waals surface area contributed by atoms with Gasteiger partial charge in [0.05, 0.1) is 29.5 Å². The highest BCUT2D eigenvalue weighted by Gasteiger charge is 2.22. The van der Waals surface area contributed by atoms with Gasteiger partial charge in [-0.25, -0.2) is 17.8 Å². The number of rotatable bonds is 6. The standard InChI is InChI=1S/C20H19FN6O4S/c1-27-16-8-7-12(9-17(16)31-11-18(27)28)23-20-22-10-13(21)19(25-20)24-14-5-3-4-6-15(14)26-32(2,29)30/h3-10,26H,11H2,1-2H3,(H2,22,23,24,25). The molecule has 166 valence electrons. The molecule has 0 saturated carbocycles. The maximum Gasteiger partial charge on any atom is 0.264 e. The molecule has 10 nitrogen and oxygen atoms in total. The van der Waals surface area contributed by atoms with Crippen LogP contribution in [0, 0.1) is 5.82 Å². The average molecular weight is 458 g/mol. The van der Waals surface area contributed by atoms with Crippen molar-refractivity contribution in [2.45, 2.75) is 0 Å². The maximum absolute atomic E-state index is 14.4. The van der Waals surface area contributed by atoms with Crippen LogP contribution in [-0.2, 0) is 14.8 Å². The minimum Gasteiger partial charge on any atom is -0.481 e. The number of likely N-dealkylation sites (N-methyl/N-ethyl adjacent to an activating group) is 1. The largest absolute Gasteiger partial charge is 0.481 e. The number of hydrogen-bond donors (Lipinski definition) is 3. The van der Waals surface area contributed by atoms with Crippen molar-refractivity contribution >= 4 is 50.4 Å². The number of carbonyl (C=O) groups excluding carboxylic acids is 1. The summed E-state index contributed by atoms with van der Waals surface area (Å²) in [6.45, 7) is -0.0605. The fraction of sp³-hybridized carbons (Fsp3) is 0.150. The zero-order valence-electron chi connectivity index (χ0n) is 17.1. The van der Waals surface area contributed by atoms with Gasteiger partial charge in [-0.3, -0.25) is 9.52 Å². The lowest BCUT2D eigenvalue weighted by molar-refractivity contribution is -0.120. The third-order valence-electron chi connectivity index (χ3n) is 4.52. The van der Waals surface area contributed by atoms with Gasteiger partial charge in [0.1, 0.15) is 5.75 Å². The van der Waals surface area contributed by atoms with Gasteiger partial charge in [-0.05, 0) is 24.3 Å². The van der Waals surface area contributed by atoms with E-state index in [1.54, 1.807) is 43.4 Å². The number of sulfonamides is 1. The average Bonchev–Trinajstić information content (AvgIpc) is 2.73. The zero-order valence-corrected chi connectivity index (χ0v) is 17.9. The lowest BCUT2D eigenvalue weighted by atomic mass is 10.2. The summed E-state index contributed by atoms with van der Waals surface area (Å²) in [7, 11) is -1.87. The molecule has 2 heterocycles. The van der Waals surface area contributed by atoms with E-state index in [9.17, 15) is 17.6 Å². The van der Waals surface area contributed by atoms with E-state index in [0.29, 0.717) is 22.8 Å². The number of halogens is 1. The van der Waals surface area contributed by atoms with Crippen molar-refractivity contribution in [2.75, 3.05) is 40.2 Å². The molecule has 1 aliphatic rings. The van der Waals surface area contributed by atoms with Crippen molar-refractivity contribution in [1.82, 2.24) is 9.97 Å². The molecular weight excluding hydrogens is 439 g/mol. The maximum atomic E-state index is 14.4. The Morgan fingerprint density at radius 1 is 1.12 bits per heavy atom. The Labute approximate surface area is 183 Å². The molecule has 0 bridgehead atoms. The highest BCUT2D eigenvalue weighted by molar-refractivity contribution is 7.92. The van der Waals surface area contributed by atoms with Crippen LogP contribution in [0.2, 0.25) is 0 Å². The molecule has 2 aromatic carbocycles. The fourth-order valence-electron chi connectivity index (χ4n) is 3.01. The van der Waals surface area contributed by atoms with Crippen LogP contribution in [-0.4, -0.2) is 44.2 Å². The highest BCUT2D eigenvalue weighted by Crippen LogP contribution is 2.34. The molecule has 0 aliphatic carbocycles. The predicted molar refractivity (Wildman–Crippen MR) is 119 cm³/mol. The number of ether oxygens (including phenoxy) is 1. The Bertz CT molecular complexity index is 1300. The van der Waals surface area contributed by atoms with E-state index in [-0.39, 0.29) is 30.0 Å². The van der Waals surface area contributed by atoms with E-state index in [0.717, 1.165) is 12.5 Å². The molecule has 0 spiro atoms. The van der Waals surface area contributed by atoms with Crippen LogP contribution >= 0.6 is 0 Å². The minimum absolute atomic E-state index is 0.0605. The van der Waals surface area contributed by atoms with E-state index in [2.05, 4.69) is 25.3 Å². The van der Waals surface area contributed by atoms with E-state index >= 15 is 0 Å². The van der Waals surface area contributed by atoms with Gasteiger partial charge in [0.15, 0.2) is 18.2 Å². The van der Waals surface area contributed by atoms with Gasteiger partial charge in [0.25, 0.3) is 5.91 Å². The molecule has 0 radical (unpaired) electrons. The second-order valence-electron chi connectivity index (χ2n) is 6.98. The fourth-order valence-corrected chi connectivity index (χ4v) is 3.59. The summed E-state index contributed by atoms with van der Waals surface area (Å²) in [6.07, 6.45) is 2.01. The lowest BCUT2D eigenvalue weighted by Gasteiger charge is -2.26. The Morgan fingerprint density at radius 2 is 1.88 bits per heavy atom. The zero-order chi connectivity index (χ0) is 22.9. The van der Waals surface area contributed by atoms with Crippen LogP contribution in [0.15, 0.2) is 48.7 Å². The normalized spacial score (nSPS) is 13.2. The first-order valence-electron chi connectivity index (χ1n) is 9.36. The number of fused-ring (bicyclic) bond motifs is 1. The van der Waals surface area contributed by atoms with Gasteiger partial charge in [-0.1, -0.05) is 12.1 Å². The molecule has 1 amide bonds. The summed E-state index contributed by atoms with van der Waals surface area (Å²) in [4.78, 5) is 21.3. The first-order chi connectivity index (χ1) is 15.2. The predicted octanol–water partition coefficient (Wildman–Crippen LogP) is 2.83. The molecule has 0 unspecified atom stereocenters. The summed E-state index contributed by atoms with van der Waals surface area (Å²) >= 11 is 0. The van der Waals surface area contributed by atoms with Crippen molar-refractivity contribution in [2.24, 2.45) is 0 Å². The van der Waals surface area contributed by atoms with Crippen LogP contribution < -0.4 is 25.0 Å². The smallest absolute Gasteiger partial charge is 0.264 e. The van der Waals surface area contributed by atoms with Gasteiger partial charge in [0.2, 0.25) is 16.0 Å².